The summed E-state index contributed by atoms with van der Waals surface area (Å²) in [6.45, 7) is 1.67. The summed E-state index contributed by atoms with van der Waals surface area (Å²) in [5, 5.41) is 9.51. The highest BCUT2D eigenvalue weighted by Crippen LogP contribution is 2.19. The minimum Gasteiger partial charge on any atom is -0.382 e. The van der Waals surface area contributed by atoms with Crippen molar-refractivity contribution in [1.82, 2.24) is 10.6 Å². The molecule has 1 aliphatic carbocycles. The van der Waals surface area contributed by atoms with E-state index in [1.54, 1.807) is 6.92 Å². The Kier molecular flexibility index (Phi) is 4.09. The lowest BCUT2D eigenvalue weighted by atomic mass is 10.0. The van der Waals surface area contributed by atoms with Gasteiger partial charge in [0.05, 0.1) is 5.71 Å². The molecule has 0 spiro atoms. The Labute approximate surface area is 128 Å². The van der Waals surface area contributed by atoms with Gasteiger partial charge in [-0.1, -0.05) is 35.5 Å². The molecule has 22 heavy (non-hydrogen) atoms. The molecular formula is C16H19N3O3. The van der Waals surface area contributed by atoms with Gasteiger partial charge in [0.15, 0.2) is 0 Å². The zero-order valence-corrected chi connectivity index (χ0v) is 12.4. The first kappa shape index (κ1) is 14.6. The maximum absolute atomic E-state index is 12.1. The van der Waals surface area contributed by atoms with Crippen LogP contribution >= 0.6 is 0 Å². The predicted molar refractivity (Wildman–Crippen MR) is 81.2 cm³/mol. The van der Waals surface area contributed by atoms with Gasteiger partial charge in [-0.05, 0) is 25.3 Å². The third-order valence-corrected chi connectivity index (χ3v) is 3.74. The van der Waals surface area contributed by atoms with Gasteiger partial charge in [0.1, 0.15) is 6.04 Å². The zero-order valence-electron chi connectivity index (χ0n) is 12.4. The first-order chi connectivity index (χ1) is 10.6. The van der Waals surface area contributed by atoms with Crippen molar-refractivity contribution in [2.24, 2.45) is 5.16 Å². The van der Waals surface area contributed by atoms with E-state index in [2.05, 4.69) is 15.8 Å². The van der Waals surface area contributed by atoms with E-state index in [-0.39, 0.29) is 17.9 Å². The van der Waals surface area contributed by atoms with Gasteiger partial charge in [-0.2, -0.15) is 0 Å². The number of hydrogen-bond donors (Lipinski definition) is 2. The van der Waals surface area contributed by atoms with Gasteiger partial charge in [-0.3, -0.25) is 9.59 Å². The fraction of sp³-hybridized carbons (Fsp3) is 0.438. The molecule has 1 heterocycles. The Morgan fingerprint density at radius 3 is 2.68 bits per heavy atom. The van der Waals surface area contributed by atoms with E-state index in [4.69, 9.17) is 4.84 Å². The predicted octanol–water partition coefficient (Wildman–Crippen LogP) is 0.963. The normalized spacial score (nSPS) is 21.5. The number of amides is 2. The smallest absolute Gasteiger partial charge is 0.264 e. The summed E-state index contributed by atoms with van der Waals surface area (Å²) < 4.78 is 0. The highest BCUT2D eigenvalue weighted by molar-refractivity contribution is 6.04. The van der Waals surface area contributed by atoms with Crippen LogP contribution in [-0.4, -0.2) is 35.7 Å². The maximum atomic E-state index is 12.1. The molecule has 2 amide bonds. The van der Waals surface area contributed by atoms with Crippen LogP contribution < -0.4 is 10.6 Å². The highest BCUT2D eigenvalue weighted by Gasteiger charge is 2.32. The Morgan fingerprint density at radius 1 is 1.27 bits per heavy atom. The number of carbonyl (C=O) groups excluding carboxylic acids is 2. The number of rotatable bonds is 5. The van der Waals surface area contributed by atoms with Crippen LogP contribution in [0.1, 0.15) is 31.7 Å². The Morgan fingerprint density at radius 2 is 2.00 bits per heavy atom. The molecule has 6 nitrogen and oxygen atoms in total. The Hall–Kier alpha value is -2.37. The van der Waals surface area contributed by atoms with Gasteiger partial charge >= 0.3 is 0 Å². The summed E-state index contributed by atoms with van der Waals surface area (Å²) >= 11 is 0. The minimum atomic E-state index is -0.675. The molecule has 1 aromatic rings. The van der Waals surface area contributed by atoms with Gasteiger partial charge in [0.2, 0.25) is 12.0 Å². The largest absolute Gasteiger partial charge is 0.382 e. The van der Waals surface area contributed by atoms with Crippen LogP contribution in [0.2, 0.25) is 0 Å². The van der Waals surface area contributed by atoms with Gasteiger partial charge < -0.3 is 15.5 Å². The van der Waals surface area contributed by atoms with Crippen LogP contribution in [0.5, 0.6) is 0 Å². The van der Waals surface area contributed by atoms with E-state index < -0.39 is 12.1 Å². The molecule has 1 saturated carbocycles. The summed E-state index contributed by atoms with van der Waals surface area (Å²) in [4.78, 5) is 29.2. The van der Waals surface area contributed by atoms with Crippen LogP contribution in [0.4, 0.5) is 0 Å². The summed E-state index contributed by atoms with van der Waals surface area (Å²) in [7, 11) is 0. The molecular weight excluding hydrogens is 282 g/mol. The van der Waals surface area contributed by atoms with Crippen LogP contribution in [-0.2, 0) is 14.4 Å². The Bertz CT molecular complexity index is 596. The number of nitrogens with one attached hydrogen (secondary N) is 2. The van der Waals surface area contributed by atoms with E-state index >= 15 is 0 Å². The first-order valence-electron chi connectivity index (χ1n) is 7.52. The number of hydrogen-bond acceptors (Lipinski definition) is 4. The lowest BCUT2D eigenvalue weighted by Gasteiger charge is -2.15. The van der Waals surface area contributed by atoms with Crippen molar-refractivity contribution in [3.63, 3.8) is 0 Å². The molecule has 1 fully saturated rings. The van der Waals surface area contributed by atoms with Crippen molar-refractivity contribution in [2.45, 2.75) is 44.4 Å². The quantitative estimate of drug-likeness (QED) is 0.850. The van der Waals surface area contributed by atoms with E-state index in [1.165, 1.54) is 0 Å². The van der Waals surface area contributed by atoms with Crippen LogP contribution in [0.15, 0.2) is 35.5 Å². The van der Waals surface area contributed by atoms with Crippen molar-refractivity contribution >= 4 is 17.5 Å². The maximum Gasteiger partial charge on any atom is 0.264 e. The molecule has 0 radical (unpaired) electrons. The average molecular weight is 301 g/mol. The molecule has 116 valence electrons. The van der Waals surface area contributed by atoms with E-state index in [0.717, 1.165) is 24.1 Å². The molecule has 1 aliphatic heterocycles. The molecule has 2 atom stereocenters. The average Bonchev–Trinajstić information content (AvgIpc) is 3.19. The SMILES string of the molecule is C[C@@H](NC(=O)[C@@H]1CC(c2ccccc2)=NO1)C(=O)NC1CC1. The lowest BCUT2D eigenvalue weighted by Crippen LogP contribution is -2.48. The highest BCUT2D eigenvalue weighted by atomic mass is 16.6. The van der Waals surface area contributed by atoms with Crippen molar-refractivity contribution < 1.29 is 14.4 Å². The topological polar surface area (TPSA) is 79.8 Å². The second kappa shape index (κ2) is 6.17. The summed E-state index contributed by atoms with van der Waals surface area (Å²) in [6, 6.07) is 9.30. The van der Waals surface area contributed by atoms with Gasteiger partial charge in [0, 0.05) is 12.5 Å². The fourth-order valence-corrected chi connectivity index (χ4v) is 2.24. The molecule has 6 heteroatoms. The zero-order chi connectivity index (χ0) is 15.5. The second-order valence-electron chi connectivity index (χ2n) is 5.72. The van der Waals surface area contributed by atoms with Crippen molar-refractivity contribution in [3.8, 4) is 0 Å². The van der Waals surface area contributed by atoms with Crippen molar-refractivity contribution in [2.75, 3.05) is 0 Å². The molecule has 0 bridgehead atoms. The molecule has 3 rings (SSSR count). The van der Waals surface area contributed by atoms with Crippen molar-refractivity contribution in [1.29, 1.82) is 0 Å². The molecule has 1 aromatic carbocycles. The Balaban J connectivity index is 1.50. The third kappa shape index (κ3) is 3.44. The molecule has 2 N–H and O–H groups in total. The first-order valence-corrected chi connectivity index (χ1v) is 7.52. The molecule has 2 aliphatic rings. The summed E-state index contributed by atoms with van der Waals surface area (Å²) in [5.41, 5.74) is 1.69. The van der Waals surface area contributed by atoms with E-state index in [0.29, 0.717) is 6.42 Å². The monoisotopic (exact) mass is 301 g/mol. The van der Waals surface area contributed by atoms with Crippen LogP contribution in [0.25, 0.3) is 0 Å². The van der Waals surface area contributed by atoms with Crippen molar-refractivity contribution in [3.05, 3.63) is 35.9 Å². The molecule has 0 unspecified atom stereocenters. The van der Waals surface area contributed by atoms with E-state index in [9.17, 15) is 9.59 Å². The third-order valence-electron chi connectivity index (χ3n) is 3.74. The summed E-state index contributed by atoms with van der Waals surface area (Å²) in [6.07, 6.45) is 1.78. The molecule has 0 aromatic heterocycles. The standard InChI is InChI=1S/C16H19N3O3/c1-10(15(20)18-12-7-8-12)17-16(21)14-9-13(19-22-14)11-5-3-2-4-6-11/h2-6,10,12,14H,7-9H2,1H3,(H,17,21)(H,18,20)/t10-,14+/m1/s1. The lowest BCUT2D eigenvalue weighted by molar-refractivity contribution is -0.135. The van der Waals surface area contributed by atoms with Gasteiger partial charge in [-0.15, -0.1) is 0 Å². The van der Waals surface area contributed by atoms with Crippen LogP contribution in [0, 0.1) is 0 Å². The second-order valence-corrected chi connectivity index (χ2v) is 5.72. The fourth-order valence-electron chi connectivity index (χ4n) is 2.24. The van der Waals surface area contributed by atoms with Gasteiger partial charge in [-0.25, -0.2) is 0 Å². The van der Waals surface area contributed by atoms with Crippen LogP contribution in [0.3, 0.4) is 0 Å². The van der Waals surface area contributed by atoms with E-state index in [1.807, 2.05) is 30.3 Å². The number of oxime groups is 1. The number of benzene rings is 1. The minimum absolute atomic E-state index is 0.155. The number of carbonyl (C=O) groups is 2. The summed E-state index contributed by atoms with van der Waals surface area (Å²) in [5.74, 6) is -0.467. The van der Waals surface area contributed by atoms with Gasteiger partial charge in [0.25, 0.3) is 5.91 Å². The molecule has 0 saturated heterocycles. The number of nitrogens with zero attached hydrogens (tertiary/aromatic N) is 1.